The Bertz CT molecular complexity index is 243. The average molecular weight is 167 g/mol. The molecule has 4 heteroatoms. The first-order valence-electron chi connectivity index (χ1n) is 4.41. The minimum atomic E-state index is -0.284. The molecule has 2 N–H and O–H groups in total. The maximum absolute atomic E-state index is 11.4. The zero-order chi connectivity index (χ0) is 8.60. The van der Waals surface area contributed by atoms with Crippen molar-refractivity contribution in [1.29, 1.82) is 0 Å². The molecule has 1 spiro atoms. The van der Waals surface area contributed by atoms with Crippen LogP contribution in [0.2, 0.25) is 0 Å². The Hall–Kier alpha value is -1.06. The van der Waals surface area contributed by atoms with Gasteiger partial charge in [-0.2, -0.15) is 0 Å². The molecule has 0 atom stereocenters. The third-order valence-electron chi connectivity index (χ3n) is 2.55. The maximum atomic E-state index is 11.4. The average Bonchev–Trinajstić information content (AvgIpc) is 2.26. The number of carbonyl (C=O) groups excluding carboxylic acids is 1. The van der Waals surface area contributed by atoms with E-state index in [9.17, 15) is 4.79 Å². The van der Waals surface area contributed by atoms with Crippen LogP contribution in [0.3, 0.4) is 0 Å². The predicted molar refractivity (Wildman–Crippen MR) is 45.8 cm³/mol. The smallest absolute Gasteiger partial charge is 0.252 e. The van der Waals surface area contributed by atoms with E-state index in [0.29, 0.717) is 12.5 Å². The minimum absolute atomic E-state index is 0.0981. The number of nitrogens with zero attached hydrogens (tertiary/aromatic N) is 1. The van der Waals surface area contributed by atoms with Crippen LogP contribution >= 0.6 is 0 Å². The third kappa shape index (κ3) is 0.906. The van der Waals surface area contributed by atoms with Crippen LogP contribution in [0.1, 0.15) is 26.2 Å². The zero-order valence-electron chi connectivity index (χ0n) is 7.18. The van der Waals surface area contributed by atoms with Crippen molar-refractivity contribution in [2.24, 2.45) is 4.99 Å². The van der Waals surface area contributed by atoms with Crippen LogP contribution in [0.5, 0.6) is 0 Å². The van der Waals surface area contributed by atoms with Crippen LogP contribution in [0.25, 0.3) is 0 Å². The molecular weight excluding hydrogens is 154 g/mol. The molecule has 0 aromatic heterocycles. The van der Waals surface area contributed by atoms with Crippen molar-refractivity contribution < 1.29 is 4.79 Å². The number of aliphatic imine (C=N–C) groups is 1. The zero-order valence-corrected chi connectivity index (χ0v) is 7.18. The first-order valence-corrected chi connectivity index (χ1v) is 4.41. The van der Waals surface area contributed by atoms with Crippen LogP contribution < -0.4 is 10.6 Å². The number of rotatable bonds is 1. The van der Waals surface area contributed by atoms with Crippen molar-refractivity contribution in [3.05, 3.63) is 0 Å². The Labute approximate surface area is 71.4 Å². The van der Waals surface area contributed by atoms with E-state index in [0.717, 1.165) is 19.3 Å². The number of guanidine groups is 1. The van der Waals surface area contributed by atoms with Gasteiger partial charge in [0, 0.05) is 6.54 Å². The molecule has 0 aromatic carbocycles. The first-order chi connectivity index (χ1) is 5.77. The van der Waals surface area contributed by atoms with Crippen molar-refractivity contribution in [3.8, 4) is 0 Å². The number of hydrogen-bond acceptors (Lipinski definition) is 2. The highest BCUT2D eigenvalue weighted by Crippen LogP contribution is 2.33. The minimum Gasteiger partial charge on any atom is -0.342 e. The number of carbonyl (C=O) groups is 1. The van der Waals surface area contributed by atoms with Gasteiger partial charge in [0.15, 0.2) is 5.96 Å². The Morgan fingerprint density at radius 1 is 1.58 bits per heavy atom. The highest BCUT2D eigenvalue weighted by atomic mass is 16.2. The normalized spacial score (nSPS) is 28.4. The predicted octanol–water partition coefficient (Wildman–Crippen LogP) is 0.00440. The van der Waals surface area contributed by atoms with Gasteiger partial charge < -0.3 is 5.32 Å². The molecule has 1 saturated carbocycles. The monoisotopic (exact) mass is 167 g/mol. The van der Waals surface area contributed by atoms with E-state index in [4.69, 9.17) is 0 Å². The molecule has 66 valence electrons. The van der Waals surface area contributed by atoms with Gasteiger partial charge in [-0.3, -0.25) is 15.1 Å². The summed E-state index contributed by atoms with van der Waals surface area (Å²) in [6.45, 7) is 2.66. The molecule has 0 unspecified atom stereocenters. The molecule has 1 amide bonds. The van der Waals surface area contributed by atoms with Gasteiger partial charge in [0.2, 0.25) is 0 Å². The fraction of sp³-hybridized carbons (Fsp3) is 0.750. The molecule has 0 radical (unpaired) electrons. The standard InChI is InChI=1S/C8H13N3O/c1-2-9-7-10-6(12)8(11-7)4-3-5-8/h2-5H2,1H3,(H2,9,10,11,12). The lowest BCUT2D eigenvalue weighted by Gasteiger charge is -2.34. The van der Waals surface area contributed by atoms with E-state index >= 15 is 0 Å². The highest BCUT2D eigenvalue weighted by molar-refractivity contribution is 6.09. The van der Waals surface area contributed by atoms with E-state index in [1.165, 1.54) is 0 Å². The van der Waals surface area contributed by atoms with Crippen molar-refractivity contribution in [1.82, 2.24) is 10.6 Å². The largest absolute Gasteiger partial charge is 0.342 e. The fourth-order valence-electron chi connectivity index (χ4n) is 1.66. The molecule has 12 heavy (non-hydrogen) atoms. The van der Waals surface area contributed by atoms with Crippen LogP contribution in [0.4, 0.5) is 0 Å². The van der Waals surface area contributed by atoms with Gasteiger partial charge in [-0.25, -0.2) is 0 Å². The molecule has 2 rings (SSSR count). The van der Waals surface area contributed by atoms with E-state index in [1.54, 1.807) is 0 Å². The Balaban J connectivity index is 2.12. The van der Waals surface area contributed by atoms with Crippen molar-refractivity contribution in [3.63, 3.8) is 0 Å². The summed E-state index contributed by atoms with van der Waals surface area (Å²) < 4.78 is 0. The summed E-state index contributed by atoms with van der Waals surface area (Å²) in [6.07, 6.45) is 3.03. The van der Waals surface area contributed by atoms with Gasteiger partial charge in [-0.05, 0) is 26.2 Å². The molecule has 1 heterocycles. The van der Waals surface area contributed by atoms with Gasteiger partial charge in [-0.15, -0.1) is 0 Å². The van der Waals surface area contributed by atoms with Crippen LogP contribution in [-0.2, 0) is 4.79 Å². The molecule has 0 aromatic rings. The van der Waals surface area contributed by atoms with E-state index in [1.807, 2.05) is 6.92 Å². The summed E-state index contributed by atoms with van der Waals surface area (Å²) in [6, 6.07) is 0. The summed E-state index contributed by atoms with van der Waals surface area (Å²) in [4.78, 5) is 15.5. The van der Waals surface area contributed by atoms with Crippen molar-refractivity contribution >= 4 is 11.9 Å². The SMILES string of the molecule is CCN=C1NC(=O)C2(CCC2)N1. The maximum Gasteiger partial charge on any atom is 0.252 e. The third-order valence-corrected chi connectivity index (χ3v) is 2.55. The van der Waals surface area contributed by atoms with Gasteiger partial charge in [0.1, 0.15) is 5.54 Å². The molecule has 2 fully saturated rings. The molecule has 2 aliphatic rings. The first kappa shape index (κ1) is 7.58. The second-order valence-corrected chi connectivity index (χ2v) is 3.34. The van der Waals surface area contributed by atoms with Crippen LogP contribution in [-0.4, -0.2) is 24.0 Å². The Morgan fingerprint density at radius 2 is 2.33 bits per heavy atom. The summed E-state index contributed by atoms with van der Waals surface area (Å²) in [7, 11) is 0. The summed E-state index contributed by atoms with van der Waals surface area (Å²) in [5, 5.41) is 5.89. The van der Waals surface area contributed by atoms with Crippen molar-refractivity contribution in [2.75, 3.05) is 6.54 Å². The quantitative estimate of drug-likeness (QED) is 0.577. The topological polar surface area (TPSA) is 53.5 Å². The Morgan fingerprint density at radius 3 is 2.75 bits per heavy atom. The van der Waals surface area contributed by atoms with Gasteiger partial charge in [-0.1, -0.05) is 0 Å². The molecular formula is C8H13N3O. The van der Waals surface area contributed by atoms with E-state index in [2.05, 4.69) is 15.6 Å². The van der Waals surface area contributed by atoms with E-state index < -0.39 is 0 Å². The van der Waals surface area contributed by atoms with E-state index in [-0.39, 0.29) is 11.4 Å². The van der Waals surface area contributed by atoms with Gasteiger partial charge in [0.05, 0.1) is 0 Å². The van der Waals surface area contributed by atoms with Crippen LogP contribution in [0, 0.1) is 0 Å². The molecule has 1 saturated heterocycles. The lowest BCUT2D eigenvalue weighted by Crippen LogP contribution is -2.52. The number of hydrogen-bond donors (Lipinski definition) is 2. The highest BCUT2D eigenvalue weighted by Gasteiger charge is 2.49. The summed E-state index contributed by atoms with van der Waals surface area (Å²) >= 11 is 0. The second-order valence-electron chi connectivity index (χ2n) is 3.34. The number of nitrogens with one attached hydrogen (secondary N) is 2. The lowest BCUT2D eigenvalue weighted by atomic mass is 9.77. The molecule has 1 aliphatic carbocycles. The fourth-order valence-corrected chi connectivity index (χ4v) is 1.66. The van der Waals surface area contributed by atoms with Gasteiger partial charge >= 0.3 is 0 Å². The molecule has 1 aliphatic heterocycles. The van der Waals surface area contributed by atoms with Crippen molar-refractivity contribution in [2.45, 2.75) is 31.7 Å². The second kappa shape index (κ2) is 2.47. The summed E-state index contributed by atoms with van der Waals surface area (Å²) in [5.41, 5.74) is -0.284. The molecule has 0 bridgehead atoms. The van der Waals surface area contributed by atoms with Crippen LogP contribution in [0.15, 0.2) is 4.99 Å². The lowest BCUT2D eigenvalue weighted by molar-refractivity contribution is -0.126. The molecule has 4 nitrogen and oxygen atoms in total. The van der Waals surface area contributed by atoms with Gasteiger partial charge in [0.25, 0.3) is 5.91 Å². The summed E-state index contributed by atoms with van der Waals surface area (Å²) in [5.74, 6) is 0.753. The number of amides is 1. The Kier molecular flexibility index (Phi) is 1.56.